The topological polar surface area (TPSA) is 47.7 Å². The highest BCUT2D eigenvalue weighted by molar-refractivity contribution is 9.10. The molecule has 1 fully saturated rings. The number of halogens is 1. The van der Waals surface area contributed by atoms with E-state index in [4.69, 9.17) is 15.2 Å². The predicted octanol–water partition coefficient (Wildman–Crippen LogP) is 2.39. The van der Waals surface area contributed by atoms with Crippen LogP contribution >= 0.6 is 15.9 Å². The smallest absolute Gasteiger partial charge is 0.175 e. The zero-order chi connectivity index (χ0) is 14.2. The van der Waals surface area contributed by atoms with Gasteiger partial charge in [-0.15, -0.1) is 0 Å². The molecule has 2 N–H and O–H groups in total. The molecule has 0 radical (unpaired) electrons. The maximum Gasteiger partial charge on any atom is 0.175 e. The highest BCUT2D eigenvalue weighted by Gasteiger charge is 2.32. The second-order valence-electron chi connectivity index (χ2n) is 6.08. The van der Waals surface area contributed by atoms with E-state index in [1.165, 1.54) is 12.0 Å². The molecule has 0 amide bonds. The van der Waals surface area contributed by atoms with E-state index in [0.717, 1.165) is 42.2 Å². The quantitative estimate of drug-likeness (QED) is 0.917. The van der Waals surface area contributed by atoms with Crippen molar-refractivity contribution in [2.45, 2.75) is 19.9 Å². The van der Waals surface area contributed by atoms with E-state index in [2.05, 4.69) is 39.9 Å². The number of ether oxygens (including phenoxy) is 2. The first-order valence-corrected chi connectivity index (χ1v) is 7.89. The number of benzene rings is 1. The number of likely N-dealkylation sites (tertiary alicyclic amines) is 1. The summed E-state index contributed by atoms with van der Waals surface area (Å²) in [6.45, 7) is 7.38. The summed E-state index contributed by atoms with van der Waals surface area (Å²) >= 11 is 3.57. The van der Waals surface area contributed by atoms with Crippen LogP contribution in [0.5, 0.6) is 11.5 Å². The van der Waals surface area contributed by atoms with E-state index in [1.807, 2.05) is 0 Å². The number of nitrogens with two attached hydrogens (primary N) is 1. The summed E-state index contributed by atoms with van der Waals surface area (Å²) in [4.78, 5) is 2.46. The van der Waals surface area contributed by atoms with Crippen LogP contribution in [-0.4, -0.2) is 37.7 Å². The minimum atomic E-state index is 0.269. The van der Waals surface area contributed by atoms with Crippen LogP contribution in [0.4, 0.5) is 0 Å². The lowest BCUT2D eigenvalue weighted by Gasteiger charge is -2.24. The summed E-state index contributed by atoms with van der Waals surface area (Å²) < 4.78 is 12.3. The lowest BCUT2D eigenvalue weighted by atomic mass is 9.90. The molecule has 1 aromatic rings. The van der Waals surface area contributed by atoms with Crippen molar-refractivity contribution in [1.82, 2.24) is 4.90 Å². The molecule has 2 aliphatic rings. The van der Waals surface area contributed by atoms with Gasteiger partial charge in [0.15, 0.2) is 11.5 Å². The maximum absolute atomic E-state index is 5.87. The number of rotatable bonds is 3. The summed E-state index contributed by atoms with van der Waals surface area (Å²) in [7, 11) is 0. The van der Waals surface area contributed by atoms with Gasteiger partial charge in [-0.2, -0.15) is 0 Å². The molecule has 3 rings (SSSR count). The molecule has 0 aromatic heterocycles. The van der Waals surface area contributed by atoms with Crippen molar-refractivity contribution in [2.24, 2.45) is 11.1 Å². The molecule has 4 nitrogen and oxygen atoms in total. The molecule has 0 aliphatic carbocycles. The van der Waals surface area contributed by atoms with Gasteiger partial charge in [-0.05, 0) is 58.6 Å². The van der Waals surface area contributed by atoms with Gasteiger partial charge >= 0.3 is 0 Å². The summed E-state index contributed by atoms with van der Waals surface area (Å²) in [6.07, 6.45) is 1.18. The van der Waals surface area contributed by atoms with Crippen LogP contribution in [0.15, 0.2) is 16.6 Å². The first kappa shape index (κ1) is 14.2. The molecule has 110 valence electrons. The Labute approximate surface area is 128 Å². The Balaban J connectivity index is 1.74. The Kier molecular flexibility index (Phi) is 3.93. The lowest BCUT2D eigenvalue weighted by Crippen LogP contribution is -2.31. The van der Waals surface area contributed by atoms with Crippen LogP contribution < -0.4 is 15.2 Å². The zero-order valence-corrected chi connectivity index (χ0v) is 13.4. The Morgan fingerprint density at radius 1 is 1.35 bits per heavy atom. The Morgan fingerprint density at radius 2 is 2.15 bits per heavy atom. The van der Waals surface area contributed by atoms with Crippen molar-refractivity contribution >= 4 is 15.9 Å². The van der Waals surface area contributed by atoms with Gasteiger partial charge in [-0.25, -0.2) is 0 Å². The van der Waals surface area contributed by atoms with Gasteiger partial charge in [0.2, 0.25) is 0 Å². The average Bonchev–Trinajstić information content (AvgIpc) is 2.81. The summed E-state index contributed by atoms with van der Waals surface area (Å²) in [5.41, 5.74) is 7.39. The molecular formula is C15H21BrN2O2. The summed E-state index contributed by atoms with van der Waals surface area (Å²) in [6, 6.07) is 4.23. The first-order valence-electron chi connectivity index (χ1n) is 7.10. The molecule has 1 unspecified atom stereocenters. The molecule has 1 atom stereocenters. The molecule has 1 aromatic carbocycles. The largest absolute Gasteiger partial charge is 0.486 e. The van der Waals surface area contributed by atoms with Crippen molar-refractivity contribution in [2.75, 3.05) is 32.8 Å². The minimum Gasteiger partial charge on any atom is -0.486 e. The second kappa shape index (κ2) is 5.54. The zero-order valence-electron chi connectivity index (χ0n) is 11.8. The molecule has 0 spiro atoms. The molecule has 20 heavy (non-hydrogen) atoms. The SMILES string of the molecule is CC1(CN)CCN(Cc2cc(Br)c3c(c2)OCCO3)C1. The normalized spacial score (nSPS) is 25.9. The van der Waals surface area contributed by atoms with Crippen LogP contribution in [0.1, 0.15) is 18.9 Å². The first-order chi connectivity index (χ1) is 9.59. The van der Waals surface area contributed by atoms with E-state index >= 15 is 0 Å². The van der Waals surface area contributed by atoms with Crippen molar-refractivity contribution in [1.29, 1.82) is 0 Å². The van der Waals surface area contributed by atoms with Crippen LogP contribution in [0, 0.1) is 5.41 Å². The van der Waals surface area contributed by atoms with Gasteiger partial charge in [0, 0.05) is 13.1 Å². The third-order valence-electron chi connectivity index (χ3n) is 4.19. The number of nitrogens with zero attached hydrogens (tertiary/aromatic N) is 1. The molecule has 1 saturated heterocycles. The van der Waals surface area contributed by atoms with Crippen LogP contribution in [0.2, 0.25) is 0 Å². The van der Waals surface area contributed by atoms with Gasteiger partial charge in [-0.1, -0.05) is 6.92 Å². The van der Waals surface area contributed by atoms with E-state index in [1.54, 1.807) is 0 Å². The Hall–Kier alpha value is -0.780. The van der Waals surface area contributed by atoms with Gasteiger partial charge < -0.3 is 15.2 Å². The average molecular weight is 341 g/mol. The van der Waals surface area contributed by atoms with Crippen molar-refractivity contribution in [3.63, 3.8) is 0 Å². The fraction of sp³-hybridized carbons (Fsp3) is 0.600. The summed E-state index contributed by atoms with van der Waals surface area (Å²) in [5, 5.41) is 0. The fourth-order valence-corrected chi connectivity index (χ4v) is 3.55. The van der Waals surface area contributed by atoms with Gasteiger partial charge in [0.05, 0.1) is 4.47 Å². The third-order valence-corrected chi connectivity index (χ3v) is 4.78. The third kappa shape index (κ3) is 2.80. The van der Waals surface area contributed by atoms with E-state index in [0.29, 0.717) is 13.2 Å². The highest BCUT2D eigenvalue weighted by atomic mass is 79.9. The monoisotopic (exact) mass is 340 g/mol. The van der Waals surface area contributed by atoms with Crippen molar-refractivity contribution < 1.29 is 9.47 Å². The van der Waals surface area contributed by atoms with Crippen molar-refractivity contribution in [3.8, 4) is 11.5 Å². The number of hydrogen-bond donors (Lipinski definition) is 1. The van der Waals surface area contributed by atoms with Gasteiger partial charge in [-0.3, -0.25) is 4.90 Å². The molecule has 5 heteroatoms. The van der Waals surface area contributed by atoms with Crippen LogP contribution in [-0.2, 0) is 6.54 Å². The Morgan fingerprint density at radius 3 is 2.90 bits per heavy atom. The number of fused-ring (bicyclic) bond motifs is 1. The lowest BCUT2D eigenvalue weighted by molar-refractivity contribution is 0.170. The standard InChI is InChI=1S/C15H21BrN2O2/c1-15(9-17)2-3-18(10-15)8-11-6-12(16)14-13(7-11)19-4-5-20-14/h6-7H,2-5,8-10,17H2,1H3. The van der Waals surface area contributed by atoms with Gasteiger partial charge in [0.1, 0.15) is 13.2 Å². The van der Waals surface area contributed by atoms with Crippen LogP contribution in [0.25, 0.3) is 0 Å². The Bertz CT molecular complexity index is 509. The molecule has 2 aliphatic heterocycles. The van der Waals surface area contributed by atoms with Crippen molar-refractivity contribution in [3.05, 3.63) is 22.2 Å². The predicted molar refractivity (Wildman–Crippen MR) is 82.2 cm³/mol. The second-order valence-corrected chi connectivity index (χ2v) is 6.93. The highest BCUT2D eigenvalue weighted by Crippen LogP contribution is 2.39. The fourth-order valence-electron chi connectivity index (χ4n) is 2.94. The molecular weight excluding hydrogens is 320 g/mol. The summed E-state index contributed by atoms with van der Waals surface area (Å²) in [5.74, 6) is 1.68. The van der Waals surface area contributed by atoms with E-state index in [9.17, 15) is 0 Å². The van der Waals surface area contributed by atoms with E-state index in [-0.39, 0.29) is 5.41 Å². The molecule has 0 saturated carbocycles. The number of hydrogen-bond acceptors (Lipinski definition) is 4. The minimum absolute atomic E-state index is 0.269. The molecule has 0 bridgehead atoms. The maximum atomic E-state index is 5.87. The van der Waals surface area contributed by atoms with Crippen LogP contribution in [0.3, 0.4) is 0 Å². The van der Waals surface area contributed by atoms with E-state index < -0.39 is 0 Å². The van der Waals surface area contributed by atoms with Gasteiger partial charge in [0.25, 0.3) is 0 Å². The molecule has 2 heterocycles.